The van der Waals surface area contributed by atoms with Gasteiger partial charge in [-0.2, -0.15) is 0 Å². The van der Waals surface area contributed by atoms with E-state index in [2.05, 4.69) is 21.0 Å². The van der Waals surface area contributed by atoms with Crippen LogP contribution in [0.3, 0.4) is 0 Å². The molecule has 0 saturated carbocycles. The van der Waals surface area contributed by atoms with Crippen LogP contribution in [-0.4, -0.2) is 58.7 Å². The number of likely N-dealkylation sites (tertiary alicyclic amines) is 1. The molecule has 0 amide bonds. The molecule has 31 heavy (non-hydrogen) atoms. The minimum absolute atomic E-state index is 0.101. The highest BCUT2D eigenvalue weighted by molar-refractivity contribution is 5.48. The quantitative estimate of drug-likeness (QED) is 0.741. The van der Waals surface area contributed by atoms with Crippen LogP contribution >= 0.6 is 0 Å². The number of anilines is 1. The molecule has 6 nitrogen and oxygen atoms in total. The van der Waals surface area contributed by atoms with Gasteiger partial charge >= 0.3 is 0 Å². The molecule has 1 unspecified atom stereocenters. The van der Waals surface area contributed by atoms with Crippen LogP contribution in [0, 0.1) is 12.7 Å². The van der Waals surface area contributed by atoms with Crippen LogP contribution in [0.15, 0.2) is 30.5 Å². The topological polar surface area (TPSA) is 69.6 Å². The maximum Gasteiger partial charge on any atom is 0.290 e. The number of piperidine rings is 2. The van der Waals surface area contributed by atoms with Gasteiger partial charge in [0, 0.05) is 37.3 Å². The van der Waals surface area contributed by atoms with Gasteiger partial charge in [0.2, 0.25) is 0 Å². The minimum atomic E-state index is -0.250. The van der Waals surface area contributed by atoms with E-state index < -0.39 is 0 Å². The number of aromatic nitrogens is 2. The molecule has 1 aromatic carbocycles. The summed E-state index contributed by atoms with van der Waals surface area (Å²) in [6.45, 7) is 5.94. The van der Waals surface area contributed by atoms with Crippen LogP contribution in [-0.2, 0) is 16.6 Å². The molecule has 3 aliphatic rings. The van der Waals surface area contributed by atoms with E-state index in [1.165, 1.54) is 37.1 Å². The van der Waals surface area contributed by atoms with E-state index in [4.69, 9.17) is 14.9 Å². The standard InChI is InChI=1S/C23H29FN4.CH2O2/c1-17-25-15-18-7-11-23(22(18)26-17)10-4-12-28(16-23)19-8-13-27(14-9-19)21-6-3-2-5-20(21)24;2-1-3/h2-3,5-6,15,19H,4,7-14,16H2,1H3;1H,(H,2,3). The zero-order chi connectivity index (χ0) is 21.8. The molecule has 1 aromatic heterocycles. The summed E-state index contributed by atoms with van der Waals surface area (Å²) < 4.78 is 14.1. The number of hydrogen-bond donors (Lipinski definition) is 1. The molecule has 1 aliphatic carbocycles. The molecule has 1 spiro atoms. The van der Waals surface area contributed by atoms with Crippen molar-refractivity contribution in [3.8, 4) is 0 Å². The van der Waals surface area contributed by atoms with Crippen molar-refractivity contribution in [3.05, 3.63) is 53.4 Å². The van der Waals surface area contributed by atoms with Crippen molar-refractivity contribution in [2.45, 2.75) is 56.9 Å². The predicted molar refractivity (Wildman–Crippen MR) is 118 cm³/mol. The fraction of sp³-hybridized carbons (Fsp3) is 0.542. The van der Waals surface area contributed by atoms with Crippen LogP contribution in [0.4, 0.5) is 10.1 Å². The van der Waals surface area contributed by atoms with Crippen molar-refractivity contribution in [2.75, 3.05) is 31.1 Å². The third-order valence-electron chi connectivity index (χ3n) is 7.14. The van der Waals surface area contributed by atoms with Crippen molar-refractivity contribution in [1.29, 1.82) is 0 Å². The Hall–Kier alpha value is -2.54. The fourth-order valence-electron chi connectivity index (χ4n) is 5.69. The van der Waals surface area contributed by atoms with E-state index in [9.17, 15) is 4.39 Å². The van der Waals surface area contributed by atoms with Gasteiger partial charge in [-0.25, -0.2) is 14.4 Å². The fourth-order valence-corrected chi connectivity index (χ4v) is 5.69. The second kappa shape index (κ2) is 9.30. The van der Waals surface area contributed by atoms with Crippen molar-refractivity contribution in [1.82, 2.24) is 14.9 Å². The number of rotatable bonds is 2. The van der Waals surface area contributed by atoms with Gasteiger partial charge in [-0.05, 0) is 69.7 Å². The van der Waals surface area contributed by atoms with Gasteiger partial charge in [0.1, 0.15) is 11.6 Å². The Morgan fingerprint density at radius 2 is 1.94 bits per heavy atom. The number of hydrogen-bond acceptors (Lipinski definition) is 5. The highest BCUT2D eigenvalue weighted by Gasteiger charge is 2.45. The van der Waals surface area contributed by atoms with Crippen LogP contribution in [0.5, 0.6) is 0 Å². The van der Waals surface area contributed by atoms with Crippen molar-refractivity contribution in [2.24, 2.45) is 0 Å². The lowest BCUT2D eigenvalue weighted by Gasteiger charge is -2.46. The van der Waals surface area contributed by atoms with Gasteiger partial charge in [-0.1, -0.05) is 12.1 Å². The first-order valence-corrected chi connectivity index (χ1v) is 11.2. The van der Waals surface area contributed by atoms with E-state index in [0.29, 0.717) is 6.04 Å². The molecule has 0 bridgehead atoms. The summed E-state index contributed by atoms with van der Waals surface area (Å²) >= 11 is 0. The van der Waals surface area contributed by atoms with Gasteiger partial charge in [-0.3, -0.25) is 9.69 Å². The molecule has 2 aliphatic heterocycles. The van der Waals surface area contributed by atoms with Crippen molar-refractivity contribution in [3.63, 3.8) is 0 Å². The van der Waals surface area contributed by atoms with Crippen molar-refractivity contribution < 1.29 is 14.3 Å². The van der Waals surface area contributed by atoms with Crippen molar-refractivity contribution >= 4 is 12.2 Å². The Morgan fingerprint density at radius 3 is 2.68 bits per heavy atom. The number of para-hydroxylation sites is 1. The van der Waals surface area contributed by atoms with E-state index in [-0.39, 0.29) is 17.7 Å². The lowest BCUT2D eigenvalue weighted by Crippen LogP contribution is -2.52. The number of carboxylic acid groups (broad SMARTS) is 1. The van der Waals surface area contributed by atoms with Gasteiger partial charge in [0.15, 0.2) is 0 Å². The van der Waals surface area contributed by atoms with Gasteiger partial charge in [-0.15, -0.1) is 0 Å². The zero-order valence-corrected chi connectivity index (χ0v) is 18.1. The maximum atomic E-state index is 14.1. The van der Waals surface area contributed by atoms with Gasteiger partial charge in [0.25, 0.3) is 6.47 Å². The smallest absolute Gasteiger partial charge is 0.290 e. The molecule has 2 saturated heterocycles. The molecule has 0 radical (unpaired) electrons. The Labute approximate surface area is 183 Å². The van der Waals surface area contributed by atoms with Crippen LogP contribution in [0.2, 0.25) is 0 Å². The Bertz CT molecular complexity index is 912. The van der Waals surface area contributed by atoms with Crippen LogP contribution in [0.1, 0.15) is 49.2 Å². The normalized spacial score (nSPS) is 23.9. The summed E-state index contributed by atoms with van der Waals surface area (Å²) in [4.78, 5) is 22.6. The third-order valence-corrected chi connectivity index (χ3v) is 7.14. The maximum absolute atomic E-state index is 14.1. The Kier molecular flexibility index (Phi) is 6.51. The minimum Gasteiger partial charge on any atom is -0.483 e. The number of nitrogens with zero attached hydrogens (tertiary/aromatic N) is 4. The number of benzene rings is 1. The Morgan fingerprint density at radius 1 is 1.19 bits per heavy atom. The summed E-state index contributed by atoms with van der Waals surface area (Å²) in [6, 6.07) is 7.77. The zero-order valence-electron chi connectivity index (χ0n) is 18.1. The highest BCUT2D eigenvalue weighted by atomic mass is 19.1. The van der Waals surface area contributed by atoms with E-state index in [1.807, 2.05) is 19.1 Å². The third kappa shape index (κ3) is 4.42. The van der Waals surface area contributed by atoms with Crippen LogP contribution < -0.4 is 4.90 Å². The number of fused-ring (bicyclic) bond motifs is 2. The van der Waals surface area contributed by atoms with E-state index >= 15 is 0 Å². The molecule has 2 fully saturated rings. The summed E-state index contributed by atoms with van der Waals surface area (Å²) in [7, 11) is 0. The van der Waals surface area contributed by atoms with Gasteiger partial charge in [0.05, 0.1) is 11.4 Å². The molecular weight excluding hydrogens is 395 g/mol. The summed E-state index contributed by atoms with van der Waals surface area (Å²) in [6.07, 6.45) is 9.11. The lowest BCUT2D eigenvalue weighted by atomic mass is 9.76. The van der Waals surface area contributed by atoms with E-state index in [1.54, 1.807) is 12.1 Å². The number of aryl methyl sites for hydroxylation is 2. The highest BCUT2D eigenvalue weighted by Crippen LogP contribution is 2.44. The predicted octanol–water partition coefficient (Wildman–Crippen LogP) is 3.57. The number of halogens is 1. The first-order valence-electron chi connectivity index (χ1n) is 11.2. The number of carbonyl (C=O) groups is 1. The summed E-state index contributed by atoms with van der Waals surface area (Å²) in [5.41, 5.74) is 3.67. The van der Waals surface area contributed by atoms with Gasteiger partial charge < -0.3 is 10.0 Å². The molecule has 1 atom stereocenters. The molecular formula is C24H31FN4O2. The molecule has 166 valence electrons. The SMILES string of the molecule is Cc1ncc2c(n1)C1(CCCN(C3CCN(c4ccccc4F)CC3)C1)CC2.O=CO. The molecule has 5 rings (SSSR count). The monoisotopic (exact) mass is 426 g/mol. The van der Waals surface area contributed by atoms with E-state index in [0.717, 1.165) is 50.4 Å². The largest absolute Gasteiger partial charge is 0.483 e. The summed E-state index contributed by atoms with van der Waals surface area (Å²) in [5.74, 6) is 0.797. The molecule has 7 heteroatoms. The average molecular weight is 427 g/mol. The molecule has 1 N–H and O–H groups in total. The Balaban J connectivity index is 0.000000730. The van der Waals surface area contributed by atoms with Crippen LogP contribution in [0.25, 0.3) is 0 Å². The second-order valence-electron chi connectivity index (χ2n) is 8.92. The lowest BCUT2D eigenvalue weighted by molar-refractivity contribution is -0.122. The molecule has 2 aromatic rings. The molecule has 3 heterocycles. The summed E-state index contributed by atoms with van der Waals surface area (Å²) in [5, 5.41) is 6.89. The first-order chi connectivity index (χ1) is 15.1. The first kappa shape index (κ1) is 21.7. The average Bonchev–Trinajstić information content (AvgIpc) is 3.12. The second-order valence-corrected chi connectivity index (χ2v) is 8.92.